The first-order valence-corrected chi connectivity index (χ1v) is 9.55. The molecule has 2 bridgehead atoms. The van der Waals surface area contributed by atoms with Crippen molar-refractivity contribution in [2.24, 2.45) is 23.7 Å². The normalized spacial score (nSPS) is 53.3. The molecule has 4 heterocycles. The summed E-state index contributed by atoms with van der Waals surface area (Å²) in [5.41, 5.74) is -0.486. The maximum Gasteiger partial charge on any atom is 0.201 e. The predicted molar refractivity (Wildman–Crippen MR) is 86.7 cm³/mol. The third kappa shape index (κ3) is 2.39. The van der Waals surface area contributed by atoms with E-state index in [-0.39, 0.29) is 18.2 Å². The summed E-state index contributed by atoms with van der Waals surface area (Å²) in [4.78, 5) is 23.4. The Kier molecular flexibility index (Phi) is 4.07. The van der Waals surface area contributed by atoms with Crippen LogP contribution in [0.15, 0.2) is 0 Å². The smallest absolute Gasteiger partial charge is 0.201 e. The summed E-state index contributed by atoms with van der Waals surface area (Å²) in [5.74, 6) is 1.18. The average molecular weight is 338 g/mol. The number of ether oxygens (including phenoxy) is 2. The maximum absolute atomic E-state index is 11.4. The Morgan fingerprint density at radius 2 is 1.92 bits per heavy atom. The molecule has 1 spiro atoms. The molecule has 8 atom stereocenters. The van der Waals surface area contributed by atoms with Gasteiger partial charge in [-0.2, -0.15) is 0 Å². The summed E-state index contributed by atoms with van der Waals surface area (Å²) in [6, 6.07) is 0. The van der Waals surface area contributed by atoms with Crippen LogP contribution in [0.1, 0.15) is 66.2 Å². The van der Waals surface area contributed by atoms with Crippen molar-refractivity contribution >= 4 is 5.78 Å². The first-order chi connectivity index (χ1) is 11.4. The van der Waals surface area contributed by atoms with Crippen LogP contribution in [-0.4, -0.2) is 29.6 Å². The summed E-state index contributed by atoms with van der Waals surface area (Å²) in [7, 11) is 0. The van der Waals surface area contributed by atoms with Crippen LogP contribution in [0, 0.1) is 23.7 Å². The minimum atomic E-state index is -0.719. The molecule has 0 amide bonds. The van der Waals surface area contributed by atoms with Crippen molar-refractivity contribution in [2.45, 2.75) is 90.0 Å². The minimum Gasteiger partial charge on any atom is -0.346 e. The fourth-order valence-corrected chi connectivity index (χ4v) is 5.65. The molecular weight excluding hydrogens is 308 g/mol. The number of rotatable bonds is 3. The average Bonchev–Trinajstić information content (AvgIpc) is 2.76. The molecule has 1 saturated carbocycles. The molecule has 0 aromatic rings. The molecule has 5 nitrogen and oxygen atoms in total. The van der Waals surface area contributed by atoms with Crippen molar-refractivity contribution < 1.29 is 24.0 Å². The largest absolute Gasteiger partial charge is 0.346 e. The summed E-state index contributed by atoms with van der Waals surface area (Å²) in [5, 5.41) is 0. The highest BCUT2D eigenvalue weighted by Crippen LogP contribution is 2.60. The Labute approximate surface area is 144 Å². The van der Waals surface area contributed by atoms with Crippen LogP contribution in [-0.2, 0) is 24.0 Å². The Morgan fingerprint density at radius 3 is 2.67 bits per heavy atom. The molecule has 0 unspecified atom stereocenters. The molecule has 0 aromatic carbocycles. The number of fused-ring (bicyclic) bond motifs is 2. The predicted octanol–water partition coefficient (Wildman–Crippen LogP) is 3.61. The third-order valence-electron chi connectivity index (χ3n) is 7.08. The molecule has 4 saturated heterocycles. The fourth-order valence-electron chi connectivity index (χ4n) is 5.65. The van der Waals surface area contributed by atoms with Crippen LogP contribution in [0.5, 0.6) is 0 Å². The lowest BCUT2D eigenvalue weighted by Crippen LogP contribution is -2.70. The van der Waals surface area contributed by atoms with Crippen molar-refractivity contribution in [1.29, 1.82) is 0 Å². The Balaban J connectivity index is 1.68. The molecule has 5 aliphatic rings. The molecular formula is C19H30O5. The first kappa shape index (κ1) is 17.0. The zero-order chi connectivity index (χ0) is 17.1. The van der Waals surface area contributed by atoms with Crippen molar-refractivity contribution in [3.63, 3.8) is 0 Å². The SMILES string of the molecule is CC(=O)CC[C@H]1O[C@@H]2O[C@]3(C)CC[C@H]4[C@H](C)CC[C@@H]([C@H]1C)[C@@]24OO3. The van der Waals surface area contributed by atoms with E-state index in [1.54, 1.807) is 6.92 Å². The number of hydrogen-bond donors (Lipinski definition) is 0. The minimum absolute atomic E-state index is 0.0510. The quantitative estimate of drug-likeness (QED) is 0.736. The molecule has 0 N–H and O–H groups in total. The van der Waals surface area contributed by atoms with Crippen LogP contribution < -0.4 is 0 Å². The second kappa shape index (κ2) is 5.76. The third-order valence-corrected chi connectivity index (χ3v) is 7.08. The van der Waals surface area contributed by atoms with E-state index in [1.807, 2.05) is 6.92 Å². The highest BCUT2D eigenvalue weighted by atomic mass is 17.3. The maximum atomic E-state index is 11.4. The number of Topliss-reactive ketones (excluding diaryl/α,β-unsaturated/α-hetero) is 1. The fraction of sp³-hybridized carbons (Fsp3) is 0.947. The molecule has 0 aromatic heterocycles. The lowest BCUT2D eigenvalue weighted by Gasteiger charge is -2.60. The topological polar surface area (TPSA) is 54.0 Å². The number of ketones is 1. The van der Waals surface area contributed by atoms with Gasteiger partial charge in [0.2, 0.25) is 5.79 Å². The van der Waals surface area contributed by atoms with Gasteiger partial charge in [0.25, 0.3) is 0 Å². The second-order valence-electron chi connectivity index (χ2n) is 8.68. The number of hydrogen-bond acceptors (Lipinski definition) is 5. The van der Waals surface area contributed by atoms with Crippen molar-refractivity contribution in [2.75, 3.05) is 0 Å². The van der Waals surface area contributed by atoms with E-state index >= 15 is 0 Å². The highest BCUT2D eigenvalue weighted by Gasteiger charge is 2.69. The van der Waals surface area contributed by atoms with Crippen molar-refractivity contribution in [1.82, 2.24) is 0 Å². The van der Waals surface area contributed by atoms with Gasteiger partial charge >= 0.3 is 0 Å². The molecule has 136 valence electrons. The van der Waals surface area contributed by atoms with Crippen LogP contribution in [0.3, 0.4) is 0 Å². The van der Waals surface area contributed by atoms with E-state index in [1.165, 1.54) is 6.42 Å². The van der Waals surface area contributed by atoms with Gasteiger partial charge in [-0.15, -0.1) is 0 Å². The van der Waals surface area contributed by atoms with Gasteiger partial charge < -0.3 is 14.3 Å². The molecule has 4 aliphatic heterocycles. The van der Waals surface area contributed by atoms with Gasteiger partial charge in [-0.25, -0.2) is 9.78 Å². The van der Waals surface area contributed by atoms with E-state index in [2.05, 4.69) is 13.8 Å². The van der Waals surface area contributed by atoms with Crippen molar-refractivity contribution in [3.8, 4) is 0 Å². The standard InChI is InChI=1S/C19H30O5/c1-11-5-7-15-13(3)16(8-6-12(2)20)21-17-19(15)14(11)9-10-18(4,22-17)23-24-19/h11,13-17H,5-10H2,1-4H3/t11-,13-,14+,15+,16-,17-,18+,19-/m1/s1. The van der Waals surface area contributed by atoms with Crippen molar-refractivity contribution in [3.05, 3.63) is 0 Å². The van der Waals surface area contributed by atoms with Gasteiger partial charge in [0.05, 0.1) is 6.10 Å². The zero-order valence-corrected chi connectivity index (χ0v) is 15.2. The van der Waals surface area contributed by atoms with Crippen LogP contribution in [0.4, 0.5) is 0 Å². The Bertz CT molecular complexity index is 522. The van der Waals surface area contributed by atoms with Crippen LogP contribution in [0.2, 0.25) is 0 Å². The van der Waals surface area contributed by atoms with E-state index in [0.29, 0.717) is 30.1 Å². The summed E-state index contributed by atoms with van der Waals surface area (Å²) >= 11 is 0. The number of carbonyl (C=O) groups excluding carboxylic acids is 1. The number of carbonyl (C=O) groups is 1. The summed E-state index contributed by atoms with van der Waals surface area (Å²) in [6.45, 7) is 8.16. The monoisotopic (exact) mass is 338 g/mol. The van der Waals surface area contributed by atoms with Gasteiger partial charge in [-0.05, 0) is 57.3 Å². The molecule has 5 fully saturated rings. The molecule has 24 heavy (non-hydrogen) atoms. The highest BCUT2D eigenvalue weighted by molar-refractivity contribution is 5.75. The molecule has 1 aliphatic carbocycles. The van der Waals surface area contributed by atoms with E-state index in [4.69, 9.17) is 19.2 Å². The molecule has 5 heteroatoms. The van der Waals surface area contributed by atoms with Gasteiger partial charge in [-0.3, -0.25) is 0 Å². The van der Waals surface area contributed by atoms with Gasteiger partial charge in [0.15, 0.2) is 11.9 Å². The van der Waals surface area contributed by atoms with Gasteiger partial charge in [-0.1, -0.05) is 13.8 Å². The summed E-state index contributed by atoms with van der Waals surface area (Å²) in [6.07, 6.45) is 5.21. The second-order valence-corrected chi connectivity index (χ2v) is 8.68. The zero-order valence-electron chi connectivity index (χ0n) is 15.2. The van der Waals surface area contributed by atoms with E-state index in [9.17, 15) is 4.79 Å². The van der Waals surface area contributed by atoms with E-state index < -0.39 is 11.4 Å². The summed E-state index contributed by atoms with van der Waals surface area (Å²) < 4.78 is 12.7. The Hall–Kier alpha value is -0.490. The Morgan fingerprint density at radius 1 is 1.12 bits per heavy atom. The van der Waals surface area contributed by atoms with Crippen LogP contribution in [0.25, 0.3) is 0 Å². The molecule has 5 rings (SSSR count). The van der Waals surface area contributed by atoms with Gasteiger partial charge in [0.1, 0.15) is 5.78 Å². The first-order valence-electron chi connectivity index (χ1n) is 9.55. The van der Waals surface area contributed by atoms with E-state index in [0.717, 1.165) is 25.7 Å². The lowest BCUT2D eigenvalue weighted by atomic mass is 9.57. The molecule has 0 radical (unpaired) electrons. The lowest BCUT2D eigenvalue weighted by molar-refractivity contribution is -0.571. The van der Waals surface area contributed by atoms with Gasteiger partial charge in [0, 0.05) is 18.8 Å². The van der Waals surface area contributed by atoms with Crippen LogP contribution >= 0.6 is 0 Å².